The van der Waals surface area contributed by atoms with Crippen LogP contribution in [0, 0.1) is 0 Å². The van der Waals surface area contributed by atoms with Gasteiger partial charge in [0.05, 0.1) is 19.5 Å². The molecule has 8 nitrogen and oxygen atoms in total. The normalized spacial score (nSPS) is 11.8. The summed E-state index contributed by atoms with van der Waals surface area (Å²) in [6.45, 7) is 3.73. The van der Waals surface area contributed by atoms with Crippen LogP contribution in [-0.2, 0) is 22.6 Å². The Morgan fingerprint density at radius 1 is 1.06 bits per heavy atom. The van der Waals surface area contributed by atoms with Crippen molar-refractivity contribution in [2.24, 2.45) is 0 Å². The van der Waals surface area contributed by atoms with Crippen molar-refractivity contribution in [1.29, 1.82) is 0 Å². The van der Waals surface area contributed by atoms with E-state index in [1.54, 1.807) is 26.2 Å². The quantitative estimate of drug-likeness (QED) is 0.282. The lowest BCUT2D eigenvalue weighted by Crippen LogP contribution is -2.33. The third-order valence-corrected chi connectivity index (χ3v) is 6.43. The van der Waals surface area contributed by atoms with Gasteiger partial charge < -0.3 is 23.7 Å². The van der Waals surface area contributed by atoms with Crippen LogP contribution in [0.2, 0.25) is 0 Å². The fourth-order valence-electron chi connectivity index (χ4n) is 3.59. The minimum Gasteiger partial charge on any atom is -0.493 e. The van der Waals surface area contributed by atoms with E-state index in [1.807, 2.05) is 67.1 Å². The molecule has 0 fully saturated rings. The molecule has 0 N–H and O–H groups in total. The summed E-state index contributed by atoms with van der Waals surface area (Å²) < 4.78 is 18.1. The number of ether oxygens (including phenoxy) is 3. The summed E-state index contributed by atoms with van der Waals surface area (Å²) in [4.78, 5) is 14.8. The maximum absolute atomic E-state index is 13.1. The molecule has 0 aliphatic rings. The number of carbonyl (C=O) groups excluding carboxylic acids is 1. The summed E-state index contributed by atoms with van der Waals surface area (Å²) in [5, 5.41) is 9.25. The van der Waals surface area contributed by atoms with Gasteiger partial charge in [0.15, 0.2) is 22.5 Å². The summed E-state index contributed by atoms with van der Waals surface area (Å²) >= 11 is 1.41. The highest BCUT2D eigenvalue weighted by Gasteiger charge is 2.23. The van der Waals surface area contributed by atoms with Gasteiger partial charge in [0.1, 0.15) is 0 Å². The van der Waals surface area contributed by atoms with E-state index < -0.39 is 0 Å². The second-order valence-electron chi connectivity index (χ2n) is 7.81. The predicted octanol–water partition coefficient (Wildman–Crippen LogP) is 4.14. The molecule has 182 valence electrons. The lowest BCUT2D eigenvalue weighted by Gasteiger charge is -2.21. The number of amides is 1. The second kappa shape index (κ2) is 12.4. The molecule has 1 atom stereocenters. The number of methoxy groups -OCH3 is 3. The van der Waals surface area contributed by atoms with E-state index in [9.17, 15) is 4.79 Å². The van der Waals surface area contributed by atoms with Gasteiger partial charge in [-0.05, 0) is 37.1 Å². The third kappa shape index (κ3) is 6.30. The maximum Gasteiger partial charge on any atom is 0.235 e. The molecule has 0 aliphatic heterocycles. The zero-order chi connectivity index (χ0) is 24.5. The minimum absolute atomic E-state index is 0.0351. The van der Waals surface area contributed by atoms with Gasteiger partial charge in [-0.3, -0.25) is 4.79 Å². The number of thioether (sulfide) groups is 1. The van der Waals surface area contributed by atoms with Crippen LogP contribution in [-0.4, -0.2) is 65.8 Å². The van der Waals surface area contributed by atoms with Gasteiger partial charge in [-0.2, -0.15) is 0 Å². The Hall–Kier alpha value is -3.04. The monoisotopic (exact) mass is 484 g/mol. The van der Waals surface area contributed by atoms with E-state index in [1.165, 1.54) is 11.8 Å². The van der Waals surface area contributed by atoms with E-state index in [2.05, 4.69) is 10.2 Å². The first-order chi connectivity index (χ1) is 16.5. The highest BCUT2D eigenvalue weighted by Crippen LogP contribution is 2.33. The van der Waals surface area contributed by atoms with Gasteiger partial charge in [-0.15, -0.1) is 10.2 Å². The van der Waals surface area contributed by atoms with Crippen LogP contribution in [0.25, 0.3) is 11.4 Å². The molecule has 3 rings (SSSR count). The molecule has 0 saturated heterocycles. The SMILES string of the molecule is COCCCn1c(SC(C)C(=O)N(C)Cc2ccccc2)nnc1-c1ccc(OC)c(OC)c1. The Bertz CT molecular complexity index is 1070. The Labute approximate surface area is 205 Å². The summed E-state index contributed by atoms with van der Waals surface area (Å²) in [5.41, 5.74) is 1.95. The molecule has 1 aromatic heterocycles. The molecule has 0 aliphatic carbocycles. The largest absolute Gasteiger partial charge is 0.493 e. The smallest absolute Gasteiger partial charge is 0.235 e. The molecule has 2 aromatic carbocycles. The van der Waals surface area contributed by atoms with E-state index in [4.69, 9.17) is 14.2 Å². The van der Waals surface area contributed by atoms with Crippen LogP contribution < -0.4 is 9.47 Å². The van der Waals surface area contributed by atoms with Gasteiger partial charge in [-0.1, -0.05) is 42.1 Å². The van der Waals surface area contributed by atoms with Gasteiger partial charge >= 0.3 is 0 Å². The Kier molecular flexibility index (Phi) is 9.35. The molecule has 0 spiro atoms. The zero-order valence-corrected chi connectivity index (χ0v) is 21.2. The van der Waals surface area contributed by atoms with Crippen molar-refractivity contribution in [1.82, 2.24) is 19.7 Å². The van der Waals surface area contributed by atoms with E-state index in [0.717, 1.165) is 17.5 Å². The van der Waals surface area contributed by atoms with Crippen molar-refractivity contribution in [2.75, 3.05) is 35.0 Å². The topological polar surface area (TPSA) is 78.7 Å². The van der Waals surface area contributed by atoms with Crippen LogP contribution in [0.4, 0.5) is 0 Å². The molecule has 0 bridgehead atoms. The highest BCUT2D eigenvalue weighted by atomic mass is 32.2. The second-order valence-corrected chi connectivity index (χ2v) is 9.12. The van der Waals surface area contributed by atoms with E-state index >= 15 is 0 Å². The standard InChI is InChI=1S/C25H32N4O4S/c1-18(24(30)28(2)17-19-10-7-6-8-11-19)34-25-27-26-23(29(25)14-9-15-31-3)20-12-13-21(32-4)22(16-20)33-5/h6-8,10-13,16,18H,9,14-15,17H2,1-5H3. The lowest BCUT2D eigenvalue weighted by atomic mass is 10.2. The van der Waals surface area contributed by atoms with Crippen LogP contribution in [0.5, 0.6) is 11.5 Å². The summed E-state index contributed by atoms with van der Waals surface area (Å²) in [5.74, 6) is 2.00. The average molecular weight is 485 g/mol. The summed E-state index contributed by atoms with van der Waals surface area (Å²) in [7, 11) is 6.71. The third-order valence-electron chi connectivity index (χ3n) is 5.36. The molecular weight excluding hydrogens is 452 g/mol. The summed E-state index contributed by atoms with van der Waals surface area (Å²) in [6.07, 6.45) is 0.790. The first kappa shape index (κ1) is 25.6. The van der Waals surface area contributed by atoms with Gasteiger partial charge in [-0.25, -0.2) is 0 Å². The molecule has 0 radical (unpaired) electrons. The molecule has 1 heterocycles. The predicted molar refractivity (Wildman–Crippen MR) is 133 cm³/mol. The fraction of sp³-hybridized carbons (Fsp3) is 0.400. The average Bonchev–Trinajstić information content (AvgIpc) is 3.25. The maximum atomic E-state index is 13.1. The number of hydrogen-bond acceptors (Lipinski definition) is 7. The Morgan fingerprint density at radius 3 is 2.47 bits per heavy atom. The van der Waals surface area contributed by atoms with Gasteiger partial charge in [0.2, 0.25) is 5.91 Å². The molecule has 3 aromatic rings. The van der Waals surface area contributed by atoms with Gasteiger partial charge in [0.25, 0.3) is 0 Å². The molecule has 34 heavy (non-hydrogen) atoms. The fourth-order valence-corrected chi connectivity index (χ4v) is 4.58. The van der Waals surface area contributed by atoms with Crippen molar-refractivity contribution < 1.29 is 19.0 Å². The number of benzene rings is 2. The Morgan fingerprint density at radius 2 is 1.79 bits per heavy atom. The lowest BCUT2D eigenvalue weighted by molar-refractivity contribution is -0.129. The zero-order valence-electron chi connectivity index (χ0n) is 20.4. The van der Waals surface area contributed by atoms with Gasteiger partial charge in [0, 0.05) is 39.4 Å². The molecule has 1 amide bonds. The molecular formula is C25H32N4O4S. The van der Waals surface area contributed by atoms with Crippen LogP contribution >= 0.6 is 11.8 Å². The van der Waals surface area contributed by atoms with Crippen LogP contribution in [0.15, 0.2) is 53.7 Å². The van der Waals surface area contributed by atoms with Crippen molar-refractivity contribution >= 4 is 17.7 Å². The number of aromatic nitrogens is 3. The minimum atomic E-state index is -0.322. The first-order valence-electron chi connectivity index (χ1n) is 11.1. The number of rotatable bonds is 12. The van der Waals surface area contributed by atoms with E-state index in [-0.39, 0.29) is 11.2 Å². The van der Waals surface area contributed by atoms with Crippen molar-refractivity contribution in [3.8, 4) is 22.9 Å². The number of carbonyl (C=O) groups is 1. The molecule has 0 saturated carbocycles. The highest BCUT2D eigenvalue weighted by molar-refractivity contribution is 8.00. The van der Waals surface area contributed by atoms with Crippen LogP contribution in [0.1, 0.15) is 18.9 Å². The molecule has 9 heteroatoms. The van der Waals surface area contributed by atoms with Crippen molar-refractivity contribution in [3.63, 3.8) is 0 Å². The van der Waals surface area contributed by atoms with Crippen LogP contribution in [0.3, 0.4) is 0 Å². The van der Waals surface area contributed by atoms with E-state index in [0.29, 0.717) is 42.2 Å². The first-order valence-corrected chi connectivity index (χ1v) is 12.0. The van der Waals surface area contributed by atoms with Crippen molar-refractivity contribution in [3.05, 3.63) is 54.1 Å². The molecule has 1 unspecified atom stereocenters. The van der Waals surface area contributed by atoms with Crippen molar-refractivity contribution in [2.45, 2.75) is 36.8 Å². The number of hydrogen-bond donors (Lipinski definition) is 0. The summed E-state index contributed by atoms with van der Waals surface area (Å²) in [6, 6.07) is 15.6. The Balaban J connectivity index is 1.82. The number of nitrogens with zero attached hydrogens (tertiary/aromatic N) is 4.